The first-order valence-electron chi connectivity index (χ1n) is 8.64. The van der Waals surface area contributed by atoms with Crippen LogP contribution >= 0.6 is 0 Å². The van der Waals surface area contributed by atoms with Crippen LogP contribution in [-0.2, 0) is 23.9 Å². The molecule has 0 aromatic heterocycles. The lowest BCUT2D eigenvalue weighted by Crippen LogP contribution is -2.37. The first-order chi connectivity index (χ1) is 13.5. The molecule has 0 spiro atoms. The van der Waals surface area contributed by atoms with E-state index in [2.05, 4.69) is 0 Å². The number of rotatable bonds is 4. The van der Waals surface area contributed by atoms with Crippen LogP contribution in [0.4, 0.5) is 0 Å². The maximum atomic E-state index is 13.2. The van der Waals surface area contributed by atoms with E-state index in [-0.39, 0.29) is 5.56 Å². The largest absolute Gasteiger partial charge is 0.469 e. The van der Waals surface area contributed by atoms with Crippen LogP contribution in [0.2, 0.25) is 0 Å². The molecule has 1 saturated heterocycles. The minimum absolute atomic E-state index is 0.269. The minimum Gasteiger partial charge on any atom is -0.469 e. The van der Waals surface area contributed by atoms with Crippen molar-refractivity contribution in [2.75, 3.05) is 14.2 Å². The minimum atomic E-state index is -1.46. The number of methoxy groups -OCH3 is 2. The predicted octanol–water partition coefficient (Wildman–Crippen LogP) is 1.99. The fraction of sp³-hybridized carbons (Fsp3) is 0.238. The number of amides is 2. The number of likely N-dealkylation sites (tertiary alicyclic amines) is 1. The highest BCUT2D eigenvalue weighted by molar-refractivity contribution is 6.14. The van der Waals surface area contributed by atoms with E-state index in [0.717, 1.165) is 12.0 Å². The molecule has 1 aliphatic heterocycles. The summed E-state index contributed by atoms with van der Waals surface area (Å²) in [5.74, 6) is -5.70. The molecule has 0 saturated carbocycles. The number of ether oxygens (including phenoxy) is 2. The third-order valence-corrected chi connectivity index (χ3v) is 4.79. The number of imide groups is 1. The van der Waals surface area contributed by atoms with E-state index in [1.807, 2.05) is 0 Å². The first kappa shape index (κ1) is 19.3. The van der Waals surface area contributed by atoms with E-state index in [9.17, 15) is 19.2 Å². The van der Waals surface area contributed by atoms with Crippen LogP contribution in [-0.4, -0.2) is 42.9 Å². The van der Waals surface area contributed by atoms with Gasteiger partial charge in [0.2, 0.25) is 5.91 Å². The number of benzene rings is 2. The van der Waals surface area contributed by atoms with Crippen molar-refractivity contribution in [3.05, 3.63) is 71.8 Å². The molecule has 7 nitrogen and oxygen atoms in total. The Labute approximate surface area is 161 Å². The van der Waals surface area contributed by atoms with Crippen molar-refractivity contribution < 1.29 is 28.7 Å². The van der Waals surface area contributed by atoms with Gasteiger partial charge >= 0.3 is 11.9 Å². The van der Waals surface area contributed by atoms with E-state index in [1.165, 1.54) is 7.11 Å². The summed E-state index contributed by atoms with van der Waals surface area (Å²) in [6.07, 6.45) is 0. The SMILES string of the molecule is COC(=O)[C@H]1C(=O)N(C(=O)c2ccccc2)C(c2ccccc2)[C@@H]1C(=O)OC. The quantitative estimate of drug-likeness (QED) is 0.457. The fourth-order valence-electron chi connectivity index (χ4n) is 3.51. The van der Waals surface area contributed by atoms with E-state index < -0.39 is 41.6 Å². The molecule has 7 heteroatoms. The Morgan fingerprint density at radius 3 is 1.89 bits per heavy atom. The summed E-state index contributed by atoms with van der Waals surface area (Å²) in [6.45, 7) is 0. The topological polar surface area (TPSA) is 90.0 Å². The van der Waals surface area contributed by atoms with Crippen LogP contribution in [0.3, 0.4) is 0 Å². The third kappa shape index (κ3) is 3.26. The molecule has 1 fully saturated rings. The molecule has 3 rings (SSSR count). The summed E-state index contributed by atoms with van der Waals surface area (Å²) in [5.41, 5.74) is 0.813. The molecule has 144 valence electrons. The molecule has 2 aromatic rings. The lowest BCUT2D eigenvalue weighted by Gasteiger charge is -2.26. The molecule has 0 bridgehead atoms. The Morgan fingerprint density at radius 2 is 1.36 bits per heavy atom. The van der Waals surface area contributed by atoms with E-state index in [0.29, 0.717) is 5.56 Å². The smallest absolute Gasteiger partial charge is 0.319 e. The van der Waals surface area contributed by atoms with Gasteiger partial charge < -0.3 is 9.47 Å². The summed E-state index contributed by atoms with van der Waals surface area (Å²) in [5, 5.41) is 0. The second-order valence-corrected chi connectivity index (χ2v) is 6.28. The summed E-state index contributed by atoms with van der Waals surface area (Å²) in [7, 11) is 2.30. The molecular formula is C21H19NO6. The Kier molecular flexibility index (Phi) is 5.54. The third-order valence-electron chi connectivity index (χ3n) is 4.79. The normalized spacial score (nSPS) is 21.3. The van der Waals surface area contributed by atoms with Gasteiger partial charge in [-0.15, -0.1) is 0 Å². The Hall–Kier alpha value is -3.48. The standard InChI is InChI=1S/C21H19NO6/c1-27-20(25)15-16(21(26)28-2)19(24)22(17(15)13-9-5-3-6-10-13)18(23)14-11-7-4-8-12-14/h3-12,15-17H,1-2H3/t15-,16-,17?/m1/s1. The maximum absolute atomic E-state index is 13.2. The predicted molar refractivity (Wildman–Crippen MR) is 97.8 cm³/mol. The molecule has 0 radical (unpaired) electrons. The van der Waals surface area contributed by atoms with Crippen molar-refractivity contribution in [3.8, 4) is 0 Å². The summed E-state index contributed by atoms with van der Waals surface area (Å²) in [4.78, 5) is 52.2. The summed E-state index contributed by atoms with van der Waals surface area (Å²) >= 11 is 0. The molecule has 2 aromatic carbocycles. The molecule has 28 heavy (non-hydrogen) atoms. The van der Waals surface area contributed by atoms with Crippen LogP contribution in [0.15, 0.2) is 60.7 Å². The highest BCUT2D eigenvalue weighted by Gasteiger charge is 2.58. The zero-order chi connectivity index (χ0) is 20.3. The fourth-order valence-corrected chi connectivity index (χ4v) is 3.51. The van der Waals surface area contributed by atoms with Crippen LogP contribution in [0, 0.1) is 11.8 Å². The molecule has 2 amide bonds. The average molecular weight is 381 g/mol. The molecule has 1 aliphatic rings. The molecule has 0 N–H and O–H groups in total. The van der Waals surface area contributed by atoms with Crippen molar-refractivity contribution in [2.24, 2.45) is 11.8 Å². The van der Waals surface area contributed by atoms with E-state index >= 15 is 0 Å². The van der Waals surface area contributed by atoms with Crippen LogP contribution in [0.25, 0.3) is 0 Å². The van der Waals surface area contributed by atoms with Crippen molar-refractivity contribution in [1.29, 1.82) is 0 Å². The number of nitrogens with zero attached hydrogens (tertiary/aromatic N) is 1. The highest BCUT2D eigenvalue weighted by Crippen LogP contribution is 2.43. The van der Waals surface area contributed by atoms with Gasteiger partial charge in [-0.25, -0.2) is 0 Å². The van der Waals surface area contributed by atoms with Gasteiger partial charge in [0.15, 0.2) is 5.92 Å². The zero-order valence-electron chi connectivity index (χ0n) is 15.4. The van der Waals surface area contributed by atoms with Crippen molar-refractivity contribution in [2.45, 2.75) is 6.04 Å². The Balaban J connectivity index is 2.17. The van der Waals surface area contributed by atoms with Gasteiger partial charge in [-0.3, -0.25) is 24.1 Å². The van der Waals surface area contributed by atoms with E-state index in [1.54, 1.807) is 60.7 Å². The number of hydrogen-bond acceptors (Lipinski definition) is 6. The van der Waals surface area contributed by atoms with Crippen LogP contribution < -0.4 is 0 Å². The molecule has 1 heterocycles. The number of carbonyl (C=O) groups is 4. The van der Waals surface area contributed by atoms with Gasteiger partial charge in [0, 0.05) is 5.56 Å². The van der Waals surface area contributed by atoms with Crippen molar-refractivity contribution >= 4 is 23.8 Å². The average Bonchev–Trinajstić information content (AvgIpc) is 3.06. The Morgan fingerprint density at radius 1 is 0.821 bits per heavy atom. The number of carbonyl (C=O) groups excluding carboxylic acids is 4. The second kappa shape index (κ2) is 8.04. The molecule has 1 unspecified atom stereocenters. The lowest BCUT2D eigenvalue weighted by molar-refractivity contribution is -0.158. The van der Waals surface area contributed by atoms with Crippen LogP contribution in [0.1, 0.15) is 22.0 Å². The summed E-state index contributed by atoms with van der Waals surface area (Å²) in [6, 6.07) is 15.8. The van der Waals surface area contributed by atoms with Gasteiger partial charge in [-0.1, -0.05) is 48.5 Å². The van der Waals surface area contributed by atoms with Gasteiger partial charge in [-0.2, -0.15) is 0 Å². The van der Waals surface area contributed by atoms with Gasteiger partial charge in [0.05, 0.1) is 20.3 Å². The monoisotopic (exact) mass is 381 g/mol. The highest BCUT2D eigenvalue weighted by atomic mass is 16.5. The van der Waals surface area contributed by atoms with Crippen LogP contribution in [0.5, 0.6) is 0 Å². The lowest BCUT2D eigenvalue weighted by atomic mass is 9.86. The summed E-state index contributed by atoms with van der Waals surface area (Å²) < 4.78 is 9.60. The number of esters is 2. The van der Waals surface area contributed by atoms with Gasteiger partial charge in [-0.05, 0) is 17.7 Å². The number of hydrogen-bond donors (Lipinski definition) is 0. The molecule has 0 aliphatic carbocycles. The first-order valence-corrected chi connectivity index (χ1v) is 8.64. The zero-order valence-corrected chi connectivity index (χ0v) is 15.4. The molecule has 3 atom stereocenters. The maximum Gasteiger partial charge on any atom is 0.319 e. The van der Waals surface area contributed by atoms with Gasteiger partial charge in [0.25, 0.3) is 5.91 Å². The van der Waals surface area contributed by atoms with Crippen molar-refractivity contribution in [3.63, 3.8) is 0 Å². The van der Waals surface area contributed by atoms with Gasteiger partial charge in [0.1, 0.15) is 5.92 Å². The second-order valence-electron chi connectivity index (χ2n) is 6.28. The van der Waals surface area contributed by atoms with Crippen molar-refractivity contribution in [1.82, 2.24) is 4.90 Å². The molecular weight excluding hydrogens is 362 g/mol. The van der Waals surface area contributed by atoms with E-state index in [4.69, 9.17) is 9.47 Å². The Bertz CT molecular complexity index is 896.